The quantitative estimate of drug-likeness (QED) is 0.866. The van der Waals surface area contributed by atoms with Crippen molar-refractivity contribution in [2.45, 2.75) is 26.0 Å². The van der Waals surface area contributed by atoms with Gasteiger partial charge in [-0.3, -0.25) is 0 Å². The number of aliphatic hydroxyl groups excluding tert-OH is 1. The molecule has 1 unspecified atom stereocenters. The average molecular weight is 242 g/mol. The Labute approximate surface area is 108 Å². The topological polar surface area (TPSA) is 45.1 Å². The lowest BCUT2D eigenvalue weighted by atomic mass is 10.0. The molecule has 1 aromatic carbocycles. The van der Waals surface area contributed by atoms with Crippen LogP contribution in [0, 0.1) is 0 Å². The van der Waals surface area contributed by atoms with Crippen LogP contribution in [-0.4, -0.2) is 16.1 Å². The molecule has 0 aliphatic carbocycles. The smallest absolute Gasteiger partial charge is 0.126 e. The highest BCUT2D eigenvalue weighted by Gasteiger charge is 2.10. The highest BCUT2D eigenvalue weighted by Crippen LogP contribution is 2.21. The van der Waals surface area contributed by atoms with E-state index in [0.717, 1.165) is 16.9 Å². The molecule has 3 heteroatoms. The molecule has 0 amide bonds. The molecule has 0 spiro atoms. The molecule has 2 N–H and O–H groups in total. The highest BCUT2D eigenvalue weighted by molar-refractivity contribution is 5.38. The molecule has 3 nitrogen and oxygen atoms in total. The summed E-state index contributed by atoms with van der Waals surface area (Å²) in [7, 11) is 0. The molecule has 0 aliphatic heterocycles. The van der Waals surface area contributed by atoms with Crippen molar-refractivity contribution in [2.24, 2.45) is 0 Å². The van der Waals surface area contributed by atoms with Gasteiger partial charge in [-0.05, 0) is 25.5 Å². The summed E-state index contributed by atoms with van der Waals surface area (Å²) >= 11 is 0. The van der Waals surface area contributed by atoms with Gasteiger partial charge in [-0.2, -0.15) is 0 Å². The minimum atomic E-state index is -0.619. The number of rotatable bonds is 4. The van der Waals surface area contributed by atoms with E-state index >= 15 is 0 Å². The molecule has 0 saturated carbocycles. The van der Waals surface area contributed by atoms with Crippen LogP contribution >= 0.6 is 0 Å². The Balaban J connectivity index is 2.14. The molecule has 1 aromatic heterocycles. The number of anilines is 1. The van der Waals surface area contributed by atoms with Gasteiger partial charge < -0.3 is 10.4 Å². The van der Waals surface area contributed by atoms with Crippen LogP contribution in [0.3, 0.4) is 0 Å². The molecule has 0 radical (unpaired) electrons. The van der Waals surface area contributed by atoms with Crippen LogP contribution in [-0.2, 0) is 0 Å². The zero-order valence-corrected chi connectivity index (χ0v) is 10.7. The summed E-state index contributed by atoms with van der Waals surface area (Å²) in [6, 6.07) is 13.7. The zero-order chi connectivity index (χ0) is 13.0. The van der Waals surface area contributed by atoms with Crippen LogP contribution in [0.4, 0.5) is 5.82 Å². The maximum atomic E-state index is 10.2. The lowest BCUT2D eigenvalue weighted by Crippen LogP contribution is -2.11. The Morgan fingerprint density at radius 3 is 2.28 bits per heavy atom. The molecule has 0 bridgehead atoms. The van der Waals surface area contributed by atoms with E-state index in [1.807, 2.05) is 42.5 Å². The summed E-state index contributed by atoms with van der Waals surface area (Å²) in [5, 5.41) is 13.4. The van der Waals surface area contributed by atoms with Crippen LogP contribution in [0.1, 0.15) is 31.1 Å². The highest BCUT2D eigenvalue weighted by atomic mass is 16.3. The first-order valence-electron chi connectivity index (χ1n) is 6.12. The fourth-order valence-corrected chi connectivity index (χ4v) is 1.78. The number of nitrogens with one attached hydrogen (secondary N) is 1. The molecular weight excluding hydrogens is 224 g/mol. The fraction of sp³-hybridized carbons (Fsp3) is 0.267. The third-order valence-corrected chi connectivity index (χ3v) is 2.65. The fourth-order valence-electron chi connectivity index (χ4n) is 1.78. The van der Waals surface area contributed by atoms with E-state index in [1.54, 1.807) is 6.20 Å². The number of hydrogen-bond donors (Lipinski definition) is 2. The first-order chi connectivity index (χ1) is 8.66. The van der Waals surface area contributed by atoms with Gasteiger partial charge in [-0.25, -0.2) is 4.98 Å². The second-order valence-electron chi connectivity index (χ2n) is 4.59. The van der Waals surface area contributed by atoms with Crippen LogP contribution in [0.15, 0.2) is 48.7 Å². The monoisotopic (exact) mass is 242 g/mol. The van der Waals surface area contributed by atoms with E-state index in [-0.39, 0.29) is 0 Å². The number of aromatic nitrogens is 1. The standard InChI is InChI=1S/C15H18N2O/c1-11(2)17-14-9-8-13(10-16-14)15(18)12-6-4-3-5-7-12/h3-11,15,18H,1-2H3,(H,16,17). The van der Waals surface area contributed by atoms with Crippen LogP contribution in [0.5, 0.6) is 0 Å². The van der Waals surface area contributed by atoms with Crippen LogP contribution in [0.25, 0.3) is 0 Å². The summed E-state index contributed by atoms with van der Waals surface area (Å²) in [5.74, 6) is 0.828. The van der Waals surface area contributed by atoms with Crippen molar-refractivity contribution in [2.75, 3.05) is 5.32 Å². The predicted molar refractivity (Wildman–Crippen MR) is 73.5 cm³/mol. The lowest BCUT2D eigenvalue weighted by molar-refractivity contribution is 0.220. The van der Waals surface area contributed by atoms with Crippen LogP contribution < -0.4 is 5.32 Å². The summed E-state index contributed by atoms with van der Waals surface area (Å²) < 4.78 is 0. The van der Waals surface area contributed by atoms with Gasteiger partial charge in [-0.1, -0.05) is 36.4 Å². The summed E-state index contributed by atoms with van der Waals surface area (Å²) in [6.07, 6.45) is 1.09. The van der Waals surface area contributed by atoms with Crippen molar-refractivity contribution in [1.29, 1.82) is 0 Å². The van der Waals surface area contributed by atoms with Crippen molar-refractivity contribution < 1.29 is 5.11 Å². The van der Waals surface area contributed by atoms with Gasteiger partial charge in [0.1, 0.15) is 11.9 Å². The molecule has 2 rings (SSSR count). The Kier molecular flexibility index (Phi) is 3.95. The van der Waals surface area contributed by atoms with E-state index < -0.39 is 6.10 Å². The normalized spacial score (nSPS) is 12.4. The molecule has 0 fully saturated rings. The molecule has 94 valence electrons. The molecule has 2 aromatic rings. The molecular formula is C15H18N2O. The number of hydrogen-bond acceptors (Lipinski definition) is 3. The maximum Gasteiger partial charge on any atom is 0.126 e. The minimum absolute atomic E-state index is 0.349. The van der Waals surface area contributed by atoms with Gasteiger partial charge in [0.25, 0.3) is 0 Å². The second kappa shape index (κ2) is 5.65. The van der Waals surface area contributed by atoms with Crippen molar-refractivity contribution in [3.8, 4) is 0 Å². The van der Waals surface area contributed by atoms with Crippen LogP contribution in [0.2, 0.25) is 0 Å². The van der Waals surface area contributed by atoms with Crippen molar-refractivity contribution in [1.82, 2.24) is 4.98 Å². The summed E-state index contributed by atoms with van der Waals surface area (Å²) in [5.41, 5.74) is 1.68. The van der Waals surface area contributed by atoms with Crippen molar-refractivity contribution in [3.63, 3.8) is 0 Å². The van der Waals surface area contributed by atoms with Gasteiger partial charge in [0, 0.05) is 17.8 Å². The van der Waals surface area contributed by atoms with E-state index in [4.69, 9.17) is 0 Å². The molecule has 1 atom stereocenters. The Morgan fingerprint density at radius 1 is 1.00 bits per heavy atom. The lowest BCUT2D eigenvalue weighted by Gasteiger charge is -2.13. The van der Waals surface area contributed by atoms with E-state index in [1.165, 1.54) is 0 Å². The van der Waals surface area contributed by atoms with Crippen molar-refractivity contribution in [3.05, 3.63) is 59.8 Å². The summed E-state index contributed by atoms with van der Waals surface area (Å²) in [6.45, 7) is 4.13. The van der Waals surface area contributed by atoms with E-state index in [0.29, 0.717) is 6.04 Å². The maximum absolute atomic E-state index is 10.2. The molecule has 0 saturated heterocycles. The summed E-state index contributed by atoms with van der Waals surface area (Å²) in [4.78, 5) is 4.29. The van der Waals surface area contributed by atoms with Gasteiger partial charge in [0.05, 0.1) is 0 Å². The van der Waals surface area contributed by atoms with Gasteiger partial charge in [0.15, 0.2) is 0 Å². The van der Waals surface area contributed by atoms with Gasteiger partial charge >= 0.3 is 0 Å². The number of nitrogens with zero attached hydrogens (tertiary/aromatic N) is 1. The average Bonchev–Trinajstić information content (AvgIpc) is 2.39. The number of benzene rings is 1. The minimum Gasteiger partial charge on any atom is -0.384 e. The zero-order valence-electron chi connectivity index (χ0n) is 10.7. The number of pyridine rings is 1. The third kappa shape index (κ3) is 3.08. The largest absolute Gasteiger partial charge is 0.384 e. The Bertz CT molecular complexity index is 480. The van der Waals surface area contributed by atoms with E-state index in [2.05, 4.69) is 24.1 Å². The molecule has 1 heterocycles. The van der Waals surface area contributed by atoms with Gasteiger partial charge in [0.2, 0.25) is 0 Å². The first-order valence-corrected chi connectivity index (χ1v) is 6.12. The third-order valence-electron chi connectivity index (χ3n) is 2.65. The van der Waals surface area contributed by atoms with Crippen molar-refractivity contribution >= 4 is 5.82 Å². The number of aliphatic hydroxyl groups is 1. The van der Waals surface area contributed by atoms with E-state index in [9.17, 15) is 5.11 Å². The molecule has 0 aliphatic rings. The second-order valence-corrected chi connectivity index (χ2v) is 4.59. The Morgan fingerprint density at radius 2 is 1.72 bits per heavy atom. The molecule has 18 heavy (non-hydrogen) atoms. The Hall–Kier alpha value is -1.87. The van der Waals surface area contributed by atoms with Gasteiger partial charge in [-0.15, -0.1) is 0 Å². The first kappa shape index (κ1) is 12.6. The predicted octanol–water partition coefficient (Wildman–Crippen LogP) is 2.98. The SMILES string of the molecule is CC(C)Nc1ccc(C(O)c2ccccc2)cn1.